The minimum Gasteiger partial charge on any atom is -0.366 e. The van der Waals surface area contributed by atoms with Crippen LogP contribution in [0.2, 0.25) is 5.02 Å². The van der Waals surface area contributed by atoms with Gasteiger partial charge in [-0.05, 0) is 36.4 Å². The molecule has 0 saturated carbocycles. The van der Waals surface area contributed by atoms with E-state index >= 15 is 0 Å². The molecule has 3 heterocycles. The smallest absolute Gasteiger partial charge is 0.219 e. The molecule has 1 saturated heterocycles. The minimum absolute atomic E-state index is 0.0329. The van der Waals surface area contributed by atoms with Crippen LogP contribution in [0.25, 0.3) is 10.2 Å². The van der Waals surface area contributed by atoms with Gasteiger partial charge in [0.25, 0.3) is 0 Å². The lowest BCUT2D eigenvalue weighted by molar-refractivity contribution is -0.129. The van der Waals surface area contributed by atoms with E-state index in [4.69, 9.17) is 11.6 Å². The number of pyridine rings is 1. The average Bonchev–Trinajstić information content (AvgIpc) is 3.09. The maximum absolute atomic E-state index is 13.4. The van der Waals surface area contributed by atoms with Crippen molar-refractivity contribution >= 4 is 54.6 Å². The van der Waals surface area contributed by atoms with Gasteiger partial charge >= 0.3 is 0 Å². The molecule has 4 rings (SSSR count). The van der Waals surface area contributed by atoms with E-state index in [1.54, 1.807) is 30.2 Å². The van der Waals surface area contributed by atoms with E-state index in [9.17, 15) is 13.2 Å². The first-order valence-corrected chi connectivity index (χ1v) is 11.4. The van der Waals surface area contributed by atoms with Gasteiger partial charge in [-0.3, -0.25) is 4.79 Å². The molecule has 1 fully saturated rings. The number of halogens is 1. The van der Waals surface area contributed by atoms with Crippen molar-refractivity contribution in [3.05, 3.63) is 47.6 Å². The molecule has 0 N–H and O–H groups in total. The van der Waals surface area contributed by atoms with Gasteiger partial charge in [-0.25, -0.2) is 13.4 Å². The molecule has 0 aliphatic carbocycles. The number of hydrogen-bond acceptors (Lipinski definition) is 6. The average molecular weight is 436 g/mol. The van der Waals surface area contributed by atoms with Crippen LogP contribution in [0, 0.1) is 0 Å². The molecule has 0 unspecified atom stereocenters. The molecule has 0 atom stereocenters. The number of thiophene rings is 1. The molecule has 28 heavy (non-hydrogen) atoms. The first-order valence-electron chi connectivity index (χ1n) is 8.76. The van der Waals surface area contributed by atoms with Crippen LogP contribution in [0.5, 0.6) is 0 Å². The lowest BCUT2D eigenvalue weighted by Gasteiger charge is -2.35. The molecule has 2 aromatic heterocycles. The molecule has 1 amide bonds. The number of rotatable bonds is 3. The molecule has 1 aliphatic rings. The number of benzene rings is 1. The van der Waals surface area contributed by atoms with Crippen molar-refractivity contribution in [3.63, 3.8) is 0 Å². The second-order valence-corrected chi connectivity index (χ2v) is 10.1. The number of piperazine rings is 1. The third-order valence-corrected chi connectivity index (χ3v) is 8.45. The van der Waals surface area contributed by atoms with Crippen molar-refractivity contribution in [1.82, 2.24) is 9.88 Å². The van der Waals surface area contributed by atoms with E-state index in [-0.39, 0.29) is 15.0 Å². The molecular weight excluding hydrogens is 418 g/mol. The van der Waals surface area contributed by atoms with Crippen molar-refractivity contribution in [3.8, 4) is 0 Å². The van der Waals surface area contributed by atoms with Gasteiger partial charge in [0.1, 0.15) is 4.83 Å². The van der Waals surface area contributed by atoms with Crippen LogP contribution >= 0.6 is 22.9 Å². The third-order valence-electron chi connectivity index (χ3n) is 4.82. The summed E-state index contributed by atoms with van der Waals surface area (Å²) in [4.78, 5) is 20.7. The van der Waals surface area contributed by atoms with Gasteiger partial charge in [-0.1, -0.05) is 11.6 Å². The van der Waals surface area contributed by atoms with Crippen molar-refractivity contribution < 1.29 is 13.2 Å². The molecule has 0 spiro atoms. The van der Waals surface area contributed by atoms with E-state index in [2.05, 4.69) is 4.98 Å². The van der Waals surface area contributed by atoms with Crippen LogP contribution in [0.1, 0.15) is 6.92 Å². The maximum Gasteiger partial charge on any atom is 0.219 e. The van der Waals surface area contributed by atoms with E-state index < -0.39 is 9.84 Å². The molecule has 0 bridgehead atoms. The van der Waals surface area contributed by atoms with Crippen LogP contribution in [0.15, 0.2) is 51.7 Å². The van der Waals surface area contributed by atoms with Crippen molar-refractivity contribution in [2.45, 2.75) is 16.0 Å². The SMILES string of the molecule is CC(=O)N1CCN(c2c(S(=O)(=O)c3ccc(Cl)cc3)sc3ncccc23)CC1. The zero-order valence-electron chi connectivity index (χ0n) is 15.1. The van der Waals surface area contributed by atoms with Crippen LogP contribution in [-0.4, -0.2) is 50.4 Å². The van der Waals surface area contributed by atoms with E-state index in [0.717, 1.165) is 5.39 Å². The van der Waals surface area contributed by atoms with Crippen LogP contribution in [0.4, 0.5) is 5.69 Å². The van der Waals surface area contributed by atoms with Gasteiger partial charge in [0, 0.05) is 49.7 Å². The summed E-state index contributed by atoms with van der Waals surface area (Å²) in [6.07, 6.45) is 1.66. The van der Waals surface area contributed by atoms with Crippen LogP contribution in [-0.2, 0) is 14.6 Å². The highest BCUT2D eigenvalue weighted by atomic mass is 35.5. The van der Waals surface area contributed by atoms with Gasteiger partial charge in [-0.2, -0.15) is 0 Å². The molecule has 1 aromatic carbocycles. The first kappa shape index (κ1) is 19.2. The summed E-state index contributed by atoms with van der Waals surface area (Å²) in [5.74, 6) is 0.0329. The topological polar surface area (TPSA) is 70.6 Å². The van der Waals surface area contributed by atoms with Crippen molar-refractivity contribution in [2.24, 2.45) is 0 Å². The van der Waals surface area contributed by atoms with Crippen molar-refractivity contribution in [2.75, 3.05) is 31.1 Å². The van der Waals surface area contributed by atoms with Gasteiger partial charge in [0.05, 0.1) is 10.6 Å². The fourth-order valence-corrected chi connectivity index (χ4v) is 6.54. The number of anilines is 1. The molecule has 146 valence electrons. The lowest BCUT2D eigenvalue weighted by atomic mass is 10.2. The molecule has 9 heteroatoms. The van der Waals surface area contributed by atoms with Crippen LogP contribution in [0.3, 0.4) is 0 Å². The number of hydrogen-bond donors (Lipinski definition) is 0. The largest absolute Gasteiger partial charge is 0.366 e. The normalized spacial score (nSPS) is 15.2. The van der Waals surface area contributed by atoms with Gasteiger partial charge < -0.3 is 9.80 Å². The number of amides is 1. The van der Waals surface area contributed by atoms with Crippen LogP contribution < -0.4 is 4.90 Å². The monoisotopic (exact) mass is 435 g/mol. The number of fused-ring (bicyclic) bond motifs is 1. The summed E-state index contributed by atoms with van der Waals surface area (Å²) < 4.78 is 27.1. The zero-order valence-corrected chi connectivity index (χ0v) is 17.5. The Kier molecular flexibility index (Phi) is 5.03. The Morgan fingerprint density at radius 1 is 1.11 bits per heavy atom. The molecular formula is C19H18ClN3O3S2. The fourth-order valence-electron chi connectivity index (χ4n) is 3.35. The van der Waals surface area contributed by atoms with E-state index in [1.165, 1.54) is 23.5 Å². The number of sulfone groups is 1. The lowest BCUT2D eigenvalue weighted by Crippen LogP contribution is -2.48. The van der Waals surface area contributed by atoms with E-state index in [1.807, 2.05) is 17.0 Å². The summed E-state index contributed by atoms with van der Waals surface area (Å²) in [6, 6.07) is 9.89. The standard InChI is InChI=1S/C19H18ClN3O3S2/c1-13(24)22-9-11-23(12-10-22)17-16-3-2-8-21-18(16)27-19(17)28(25,26)15-6-4-14(20)5-7-15/h2-8H,9-12H2,1H3. The third kappa shape index (κ3) is 3.36. The Morgan fingerprint density at radius 3 is 2.43 bits per heavy atom. The Morgan fingerprint density at radius 2 is 1.79 bits per heavy atom. The summed E-state index contributed by atoms with van der Waals surface area (Å²) in [6.45, 7) is 3.82. The Hall–Kier alpha value is -2.16. The second kappa shape index (κ2) is 7.35. The highest BCUT2D eigenvalue weighted by Gasteiger charge is 2.31. The number of aromatic nitrogens is 1. The number of carbonyl (C=O) groups excluding carboxylic acids is 1. The fraction of sp³-hybridized carbons (Fsp3) is 0.263. The van der Waals surface area contributed by atoms with Gasteiger partial charge in [0.2, 0.25) is 15.7 Å². The first-order chi connectivity index (χ1) is 13.4. The summed E-state index contributed by atoms with van der Waals surface area (Å²) >= 11 is 7.10. The maximum atomic E-state index is 13.4. The molecule has 1 aliphatic heterocycles. The summed E-state index contributed by atoms with van der Waals surface area (Å²) in [5, 5.41) is 1.30. The highest BCUT2D eigenvalue weighted by Crippen LogP contribution is 2.43. The predicted octanol–water partition coefficient (Wildman–Crippen LogP) is 3.45. The highest BCUT2D eigenvalue weighted by molar-refractivity contribution is 7.93. The second-order valence-electron chi connectivity index (χ2n) is 6.54. The Bertz CT molecular complexity index is 1130. The van der Waals surface area contributed by atoms with E-state index in [0.29, 0.717) is 41.7 Å². The zero-order chi connectivity index (χ0) is 19.9. The molecule has 6 nitrogen and oxygen atoms in total. The van der Waals surface area contributed by atoms with Gasteiger partial charge in [-0.15, -0.1) is 11.3 Å². The van der Waals surface area contributed by atoms with Gasteiger partial charge in [0.15, 0.2) is 4.21 Å². The predicted molar refractivity (Wildman–Crippen MR) is 111 cm³/mol. The Labute approximate surface area is 172 Å². The number of carbonyl (C=O) groups is 1. The van der Waals surface area contributed by atoms with Crippen molar-refractivity contribution in [1.29, 1.82) is 0 Å². The quantitative estimate of drug-likeness (QED) is 0.630. The summed E-state index contributed by atoms with van der Waals surface area (Å²) in [7, 11) is -3.73. The summed E-state index contributed by atoms with van der Waals surface area (Å²) in [5.41, 5.74) is 0.672. The minimum atomic E-state index is -3.73. The molecule has 0 radical (unpaired) electrons. The molecule has 3 aromatic rings. The number of nitrogens with zero attached hydrogens (tertiary/aromatic N) is 3. The Balaban J connectivity index is 1.82.